The Balaban J connectivity index is 1.45. The summed E-state index contributed by atoms with van der Waals surface area (Å²) in [5.41, 5.74) is 2.66. The van der Waals surface area contributed by atoms with Crippen molar-refractivity contribution in [3.63, 3.8) is 0 Å². The Morgan fingerprint density at radius 3 is 2.76 bits per heavy atom. The van der Waals surface area contributed by atoms with E-state index in [1.165, 1.54) is 6.07 Å². The van der Waals surface area contributed by atoms with Crippen molar-refractivity contribution in [1.82, 2.24) is 15.1 Å². The zero-order valence-electron chi connectivity index (χ0n) is 16.7. The van der Waals surface area contributed by atoms with Crippen molar-refractivity contribution in [3.8, 4) is 11.1 Å². The van der Waals surface area contributed by atoms with Crippen LogP contribution in [0.1, 0.15) is 19.1 Å². The number of benzene rings is 2. The number of nitrogens with zero attached hydrogens (tertiary/aromatic N) is 2. The summed E-state index contributed by atoms with van der Waals surface area (Å²) in [6, 6.07) is 14.6. The lowest BCUT2D eigenvalue weighted by molar-refractivity contribution is 0.197. The van der Waals surface area contributed by atoms with Gasteiger partial charge in [-0.1, -0.05) is 18.2 Å². The van der Waals surface area contributed by atoms with E-state index in [0.717, 1.165) is 60.5 Å². The number of hydrogen-bond acceptors (Lipinski definition) is 3. The molecule has 2 amide bonds. The Morgan fingerprint density at radius 1 is 1.07 bits per heavy atom. The molecule has 0 atom stereocenters. The Kier molecular flexibility index (Phi) is 5.81. The fourth-order valence-electron chi connectivity index (χ4n) is 3.84. The molecule has 3 aromatic rings. The van der Waals surface area contributed by atoms with E-state index in [-0.39, 0.29) is 11.8 Å². The first kappa shape index (κ1) is 19.5. The molecule has 1 aromatic heterocycles. The SMILES string of the molecule is CCNC(=O)N1CCCN(Cc2cc3cc(-c4cccc(F)c4)ccc3o2)CC1. The third kappa shape index (κ3) is 4.59. The van der Waals surface area contributed by atoms with Gasteiger partial charge in [0.2, 0.25) is 0 Å². The first-order valence-corrected chi connectivity index (χ1v) is 10.2. The number of urea groups is 1. The summed E-state index contributed by atoms with van der Waals surface area (Å²) < 4.78 is 19.6. The highest BCUT2D eigenvalue weighted by Gasteiger charge is 2.19. The number of amides is 2. The van der Waals surface area contributed by atoms with Crippen LogP contribution >= 0.6 is 0 Å². The number of carbonyl (C=O) groups excluding carboxylic acids is 1. The quantitative estimate of drug-likeness (QED) is 0.709. The van der Waals surface area contributed by atoms with Gasteiger partial charge in [0.1, 0.15) is 17.2 Å². The van der Waals surface area contributed by atoms with Gasteiger partial charge >= 0.3 is 6.03 Å². The molecule has 0 spiro atoms. The molecule has 0 unspecified atom stereocenters. The van der Waals surface area contributed by atoms with Crippen LogP contribution < -0.4 is 5.32 Å². The zero-order valence-corrected chi connectivity index (χ0v) is 16.7. The summed E-state index contributed by atoms with van der Waals surface area (Å²) in [7, 11) is 0. The largest absolute Gasteiger partial charge is 0.460 e. The fraction of sp³-hybridized carbons (Fsp3) is 0.348. The van der Waals surface area contributed by atoms with E-state index in [1.54, 1.807) is 12.1 Å². The highest BCUT2D eigenvalue weighted by molar-refractivity contribution is 5.84. The van der Waals surface area contributed by atoms with Crippen molar-refractivity contribution in [2.45, 2.75) is 19.9 Å². The van der Waals surface area contributed by atoms with Crippen molar-refractivity contribution in [3.05, 3.63) is 60.1 Å². The molecule has 0 saturated carbocycles. The third-order valence-electron chi connectivity index (χ3n) is 5.31. The normalized spacial score (nSPS) is 15.4. The van der Waals surface area contributed by atoms with Gasteiger partial charge in [-0.2, -0.15) is 0 Å². The maximum atomic E-state index is 13.5. The number of rotatable bonds is 4. The number of furan rings is 1. The summed E-state index contributed by atoms with van der Waals surface area (Å²) in [6.07, 6.45) is 0.946. The Morgan fingerprint density at radius 2 is 1.93 bits per heavy atom. The molecule has 5 nitrogen and oxygen atoms in total. The van der Waals surface area contributed by atoms with Gasteiger partial charge in [-0.3, -0.25) is 4.90 Å². The summed E-state index contributed by atoms with van der Waals surface area (Å²) in [5.74, 6) is 0.668. The van der Waals surface area contributed by atoms with Gasteiger partial charge in [0.25, 0.3) is 0 Å². The summed E-state index contributed by atoms with van der Waals surface area (Å²) in [5, 5.41) is 3.89. The second-order valence-electron chi connectivity index (χ2n) is 7.43. The lowest BCUT2D eigenvalue weighted by Crippen LogP contribution is -2.41. The van der Waals surface area contributed by atoms with E-state index in [0.29, 0.717) is 13.1 Å². The average Bonchev–Trinajstić information content (AvgIpc) is 2.96. The van der Waals surface area contributed by atoms with Crippen LogP contribution in [-0.4, -0.2) is 48.6 Å². The smallest absolute Gasteiger partial charge is 0.317 e. The Bertz CT molecular complexity index is 1000. The van der Waals surface area contributed by atoms with Gasteiger partial charge in [-0.05, 0) is 54.8 Å². The van der Waals surface area contributed by atoms with Gasteiger partial charge in [0, 0.05) is 38.1 Å². The molecule has 29 heavy (non-hydrogen) atoms. The van der Waals surface area contributed by atoms with Crippen LogP contribution in [0.2, 0.25) is 0 Å². The predicted molar refractivity (Wildman–Crippen MR) is 112 cm³/mol. The van der Waals surface area contributed by atoms with Gasteiger partial charge in [0.05, 0.1) is 6.54 Å². The first-order valence-electron chi connectivity index (χ1n) is 10.2. The molecule has 2 heterocycles. The molecule has 6 heteroatoms. The van der Waals surface area contributed by atoms with Crippen LogP contribution in [0.25, 0.3) is 22.1 Å². The van der Waals surface area contributed by atoms with E-state index >= 15 is 0 Å². The van der Waals surface area contributed by atoms with Crippen molar-refractivity contribution in [2.75, 3.05) is 32.7 Å². The molecular formula is C23H26FN3O2. The lowest BCUT2D eigenvalue weighted by Gasteiger charge is -2.21. The van der Waals surface area contributed by atoms with Crippen LogP contribution in [-0.2, 0) is 6.54 Å². The standard InChI is InChI=1S/C23H26FN3O2/c1-2-25-23(28)27-10-4-9-26(11-12-27)16-21-15-19-13-18(7-8-22(19)29-21)17-5-3-6-20(24)14-17/h3,5-8,13-15H,2,4,9-12,16H2,1H3,(H,25,28). The van der Waals surface area contributed by atoms with E-state index in [9.17, 15) is 9.18 Å². The summed E-state index contributed by atoms with van der Waals surface area (Å²) in [6.45, 7) is 6.55. The molecule has 1 N–H and O–H groups in total. The van der Waals surface area contributed by atoms with Crippen LogP contribution in [0.4, 0.5) is 9.18 Å². The second kappa shape index (κ2) is 8.66. The van der Waals surface area contributed by atoms with Crippen molar-refractivity contribution in [1.29, 1.82) is 0 Å². The van der Waals surface area contributed by atoms with E-state index in [2.05, 4.69) is 16.3 Å². The Hall–Kier alpha value is -2.86. The molecule has 152 valence electrons. The maximum absolute atomic E-state index is 13.5. The number of hydrogen-bond donors (Lipinski definition) is 1. The van der Waals surface area contributed by atoms with Gasteiger partial charge in [-0.25, -0.2) is 9.18 Å². The first-order chi connectivity index (χ1) is 14.1. The molecule has 0 radical (unpaired) electrons. The van der Waals surface area contributed by atoms with Crippen LogP contribution in [0.3, 0.4) is 0 Å². The molecular weight excluding hydrogens is 369 g/mol. The Labute approximate surface area is 170 Å². The van der Waals surface area contributed by atoms with Crippen LogP contribution in [0.15, 0.2) is 52.9 Å². The minimum absolute atomic E-state index is 0.0166. The van der Waals surface area contributed by atoms with Gasteiger partial charge in [0.15, 0.2) is 0 Å². The number of halogens is 1. The fourth-order valence-corrected chi connectivity index (χ4v) is 3.84. The highest BCUT2D eigenvalue weighted by atomic mass is 19.1. The molecule has 2 aromatic carbocycles. The maximum Gasteiger partial charge on any atom is 0.317 e. The van der Waals surface area contributed by atoms with Crippen molar-refractivity contribution >= 4 is 17.0 Å². The third-order valence-corrected chi connectivity index (χ3v) is 5.31. The van der Waals surface area contributed by atoms with Gasteiger partial charge in [-0.15, -0.1) is 0 Å². The molecule has 1 aliphatic heterocycles. The molecule has 1 fully saturated rings. The van der Waals surface area contributed by atoms with E-state index < -0.39 is 0 Å². The van der Waals surface area contributed by atoms with E-state index in [1.807, 2.05) is 36.1 Å². The second-order valence-corrected chi connectivity index (χ2v) is 7.43. The molecule has 0 aliphatic carbocycles. The zero-order chi connectivity index (χ0) is 20.2. The minimum atomic E-state index is -0.238. The average molecular weight is 395 g/mol. The number of nitrogens with one attached hydrogen (secondary N) is 1. The van der Waals surface area contributed by atoms with Crippen molar-refractivity contribution in [2.24, 2.45) is 0 Å². The highest BCUT2D eigenvalue weighted by Crippen LogP contribution is 2.27. The molecule has 0 bridgehead atoms. The van der Waals surface area contributed by atoms with Crippen LogP contribution in [0, 0.1) is 5.82 Å². The molecule has 1 aliphatic rings. The minimum Gasteiger partial charge on any atom is -0.460 e. The van der Waals surface area contributed by atoms with Crippen molar-refractivity contribution < 1.29 is 13.6 Å². The lowest BCUT2D eigenvalue weighted by atomic mass is 10.0. The van der Waals surface area contributed by atoms with E-state index in [4.69, 9.17) is 4.42 Å². The molecule has 4 rings (SSSR count). The topological polar surface area (TPSA) is 48.7 Å². The number of fused-ring (bicyclic) bond motifs is 1. The van der Waals surface area contributed by atoms with Gasteiger partial charge < -0.3 is 14.6 Å². The predicted octanol–water partition coefficient (Wildman–Crippen LogP) is 4.48. The number of carbonyl (C=O) groups is 1. The monoisotopic (exact) mass is 395 g/mol. The molecule has 1 saturated heterocycles. The summed E-state index contributed by atoms with van der Waals surface area (Å²) >= 11 is 0. The summed E-state index contributed by atoms with van der Waals surface area (Å²) in [4.78, 5) is 16.3. The van der Waals surface area contributed by atoms with Crippen LogP contribution in [0.5, 0.6) is 0 Å².